The summed E-state index contributed by atoms with van der Waals surface area (Å²) in [5, 5.41) is 10.3. The van der Waals surface area contributed by atoms with Gasteiger partial charge in [-0.2, -0.15) is 0 Å². The number of hydrogen-bond acceptors (Lipinski definition) is 5. The summed E-state index contributed by atoms with van der Waals surface area (Å²) in [5.74, 6) is 1.43. The molecule has 0 bridgehead atoms. The highest BCUT2D eigenvalue weighted by Gasteiger charge is 2.29. The Kier molecular flexibility index (Phi) is 8.22. The van der Waals surface area contributed by atoms with Crippen molar-refractivity contribution in [2.75, 3.05) is 46.3 Å². The lowest BCUT2D eigenvalue weighted by Gasteiger charge is -2.30. The summed E-state index contributed by atoms with van der Waals surface area (Å²) in [6.07, 6.45) is 9.13. The lowest BCUT2D eigenvalue weighted by Crippen LogP contribution is -2.50. The normalized spacial score (nSPS) is 15.9. The molecule has 1 aromatic rings. The van der Waals surface area contributed by atoms with Crippen LogP contribution in [0.4, 0.5) is 10.5 Å². The molecule has 170 valence electrons. The van der Waals surface area contributed by atoms with Gasteiger partial charge in [0.1, 0.15) is 0 Å². The molecule has 31 heavy (non-hydrogen) atoms. The van der Waals surface area contributed by atoms with Gasteiger partial charge in [0.25, 0.3) is 0 Å². The van der Waals surface area contributed by atoms with Crippen molar-refractivity contribution in [1.29, 1.82) is 0 Å². The fourth-order valence-corrected chi connectivity index (χ4v) is 4.22. The van der Waals surface area contributed by atoms with Crippen LogP contribution in [-0.2, 0) is 0 Å². The van der Waals surface area contributed by atoms with Crippen LogP contribution >= 0.6 is 12.2 Å². The number of rotatable bonds is 7. The van der Waals surface area contributed by atoms with Crippen LogP contribution in [0.5, 0.6) is 17.2 Å². The molecule has 1 aliphatic carbocycles. The third kappa shape index (κ3) is 5.72. The Balaban J connectivity index is 1.60. The van der Waals surface area contributed by atoms with Crippen molar-refractivity contribution in [3.63, 3.8) is 0 Å². The van der Waals surface area contributed by atoms with E-state index >= 15 is 0 Å². The van der Waals surface area contributed by atoms with Gasteiger partial charge in [0.05, 0.1) is 27.0 Å². The lowest BCUT2D eigenvalue weighted by atomic mass is 9.97. The summed E-state index contributed by atoms with van der Waals surface area (Å²) < 4.78 is 16.1. The van der Waals surface area contributed by atoms with Gasteiger partial charge in [-0.1, -0.05) is 11.6 Å². The molecule has 1 saturated heterocycles. The first-order valence-corrected chi connectivity index (χ1v) is 11.1. The first-order valence-electron chi connectivity index (χ1n) is 10.7. The first kappa shape index (κ1) is 23.0. The monoisotopic (exact) mass is 448 g/mol. The number of carbonyl (C=O) groups excluding carboxylic acids is 1. The number of ether oxygens (including phenoxy) is 3. The van der Waals surface area contributed by atoms with E-state index in [1.54, 1.807) is 38.5 Å². The van der Waals surface area contributed by atoms with Crippen LogP contribution in [0.2, 0.25) is 0 Å². The Labute approximate surface area is 189 Å². The number of methoxy groups -OCH3 is 3. The Morgan fingerprint density at radius 2 is 1.74 bits per heavy atom. The van der Waals surface area contributed by atoms with Crippen molar-refractivity contribution in [2.45, 2.75) is 38.5 Å². The first-order chi connectivity index (χ1) is 15.1. The maximum absolute atomic E-state index is 13.0. The molecule has 0 saturated carbocycles. The highest BCUT2D eigenvalue weighted by molar-refractivity contribution is 7.80. The number of hydrogen-bond donors (Lipinski definition) is 2. The van der Waals surface area contributed by atoms with Gasteiger partial charge >= 0.3 is 6.03 Å². The molecule has 0 unspecified atom stereocenters. The van der Waals surface area contributed by atoms with Crippen molar-refractivity contribution in [2.24, 2.45) is 0 Å². The van der Waals surface area contributed by atoms with Crippen molar-refractivity contribution in [1.82, 2.24) is 15.3 Å². The smallest absolute Gasteiger partial charge is 0.340 e. The van der Waals surface area contributed by atoms with Gasteiger partial charge in [-0.25, -0.2) is 9.80 Å². The summed E-state index contributed by atoms with van der Waals surface area (Å²) in [5.41, 5.74) is 2.05. The highest BCUT2D eigenvalue weighted by Crippen LogP contribution is 2.40. The molecule has 1 aliphatic heterocycles. The largest absolute Gasteiger partial charge is 0.493 e. The zero-order valence-corrected chi connectivity index (χ0v) is 19.3. The number of benzene rings is 1. The second-order valence-corrected chi connectivity index (χ2v) is 7.92. The number of thiocarbonyl (C=S) groups is 1. The zero-order valence-electron chi connectivity index (χ0n) is 18.5. The van der Waals surface area contributed by atoms with Crippen molar-refractivity contribution >= 4 is 29.0 Å². The van der Waals surface area contributed by atoms with Crippen molar-refractivity contribution in [3.8, 4) is 17.2 Å². The number of amides is 2. The predicted molar refractivity (Wildman–Crippen MR) is 125 cm³/mol. The molecule has 9 heteroatoms. The molecule has 8 nitrogen and oxygen atoms in total. The minimum absolute atomic E-state index is 0.258. The summed E-state index contributed by atoms with van der Waals surface area (Å²) in [6, 6.07) is 3.15. The number of nitrogens with zero attached hydrogens (tertiary/aromatic N) is 2. The molecule has 0 spiro atoms. The molecule has 3 rings (SSSR count). The number of urea groups is 1. The second-order valence-electron chi connectivity index (χ2n) is 7.53. The third-order valence-electron chi connectivity index (χ3n) is 5.52. The quantitative estimate of drug-likeness (QED) is 0.483. The Bertz CT molecular complexity index is 805. The maximum atomic E-state index is 13.0. The van der Waals surface area contributed by atoms with Gasteiger partial charge in [-0.15, -0.1) is 0 Å². The van der Waals surface area contributed by atoms with Crippen LogP contribution in [0.15, 0.2) is 23.8 Å². The Morgan fingerprint density at radius 3 is 2.35 bits per heavy atom. The highest BCUT2D eigenvalue weighted by atomic mass is 32.1. The van der Waals surface area contributed by atoms with Crippen LogP contribution in [-0.4, -0.2) is 62.1 Å². The van der Waals surface area contributed by atoms with Crippen molar-refractivity contribution in [3.05, 3.63) is 23.8 Å². The molecular formula is C22H32N4O4S. The van der Waals surface area contributed by atoms with Gasteiger partial charge < -0.3 is 24.8 Å². The number of anilines is 1. The van der Waals surface area contributed by atoms with Crippen molar-refractivity contribution < 1.29 is 19.0 Å². The molecule has 2 N–H and O–H groups in total. The predicted octanol–water partition coefficient (Wildman–Crippen LogP) is 3.93. The average molecular weight is 449 g/mol. The van der Waals surface area contributed by atoms with Gasteiger partial charge in [-0.3, -0.25) is 5.01 Å². The van der Waals surface area contributed by atoms with E-state index in [4.69, 9.17) is 26.4 Å². The van der Waals surface area contributed by atoms with Gasteiger partial charge in [0.15, 0.2) is 16.6 Å². The summed E-state index contributed by atoms with van der Waals surface area (Å²) >= 11 is 5.57. The van der Waals surface area contributed by atoms with Crippen LogP contribution in [0.1, 0.15) is 38.5 Å². The fraction of sp³-hybridized carbons (Fsp3) is 0.545. The molecular weight excluding hydrogens is 416 g/mol. The lowest BCUT2D eigenvalue weighted by molar-refractivity contribution is 0.136. The molecule has 0 aromatic heterocycles. The zero-order chi connectivity index (χ0) is 22.2. The Morgan fingerprint density at radius 1 is 1.03 bits per heavy atom. The number of nitrogens with one attached hydrogen (secondary N) is 2. The average Bonchev–Trinajstić information content (AvgIpc) is 3.29. The molecule has 2 amide bonds. The van der Waals surface area contributed by atoms with E-state index in [1.165, 1.54) is 31.3 Å². The Hall–Kier alpha value is -2.68. The van der Waals surface area contributed by atoms with Crippen LogP contribution < -0.4 is 24.8 Å². The standard InChI is InChI=1S/C22H32N4O4S/c1-28-18-14-17(15-19(29-2)20(18)30-3)24-21(27)25-12-7-13-26(25)22(31)23-11-10-16-8-5-4-6-9-16/h8,14-15H,4-7,9-13H2,1-3H3,(H,23,31)(H,24,27). The minimum Gasteiger partial charge on any atom is -0.493 e. The number of hydrazine groups is 1. The molecule has 0 atom stereocenters. The van der Waals surface area contributed by atoms with E-state index < -0.39 is 0 Å². The van der Waals surface area contributed by atoms with Gasteiger partial charge in [0, 0.05) is 31.8 Å². The maximum Gasteiger partial charge on any atom is 0.340 e. The SMILES string of the molecule is COc1cc(NC(=O)N2CCCN2C(=S)NCCC2=CCCCC2)cc(OC)c1OC. The van der Waals surface area contributed by atoms with Crippen LogP contribution in [0.3, 0.4) is 0 Å². The third-order valence-corrected chi connectivity index (χ3v) is 5.88. The van der Waals surface area contributed by atoms with Crippen LogP contribution in [0.25, 0.3) is 0 Å². The van der Waals surface area contributed by atoms with Gasteiger partial charge in [0.2, 0.25) is 5.75 Å². The van der Waals surface area contributed by atoms with E-state index in [2.05, 4.69) is 16.7 Å². The van der Waals surface area contributed by atoms with Gasteiger partial charge in [-0.05, 0) is 50.7 Å². The molecule has 2 aliphatic rings. The van der Waals surface area contributed by atoms with E-state index in [0.717, 1.165) is 19.4 Å². The van der Waals surface area contributed by atoms with E-state index in [9.17, 15) is 4.79 Å². The van der Waals surface area contributed by atoms with E-state index in [0.29, 0.717) is 41.1 Å². The molecule has 1 heterocycles. The molecule has 1 fully saturated rings. The van der Waals surface area contributed by atoms with E-state index in [1.807, 2.05) is 5.01 Å². The summed E-state index contributed by atoms with van der Waals surface area (Å²) in [6.45, 7) is 2.09. The molecule has 1 aromatic carbocycles. The second kappa shape index (κ2) is 11.1. The van der Waals surface area contributed by atoms with Crippen LogP contribution in [0, 0.1) is 0 Å². The minimum atomic E-state index is -0.258. The number of carbonyl (C=O) groups is 1. The molecule has 0 radical (unpaired) electrons. The summed E-state index contributed by atoms with van der Waals surface area (Å²) in [7, 11) is 4.62. The number of allylic oxidation sites excluding steroid dienone is 1. The van der Waals surface area contributed by atoms with E-state index in [-0.39, 0.29) is 6.03 Å². The topological polar surface area (TPSA) is 75.3 Å². The fourth-order valence-electron chi connectivity index (χ4n) is 3.93. The summed E-state index contributed by atoms with van der Waals surface area (Å²) in [4.78, 5) is 13.0.